The summed E-state index contributed by atoms with van der Waals surface area (Å²) in [5.74, 6) is 1.75. The molecule has 2 rings (SSSR count). The van der Waals surface area contributed by atoms with E-state index in [2.05, 4.69) is 53.0 Å². The predicted octanol–water partition coefficient (Wildman–Crippen LogP) is 3.32. The normalized spacial score (nSPS) is 12.6. The lowest BCUT2D eigenvalue weighted by atomic mass is 10.1. The molecule has 1 atom stereocenters. The van der Waals surface area contributed by atoms with Crippen molar-refractivity contribution in [3.8, 4) is 5.69 Å². The topological polar surface area (TPSA) is 29.9 Å². The van der Waals surface area contributed by atoms with Crippen LogP contribution in [0.3, 0.4) is 0 Å². The van der Waals surface area contributed by atoms with E-state index in [9.17, 15) is 0 Å². The zero-order chi connectivity index (χ0) is 13.7. The van der Waals surface area contributed by atoms with E-state index in [4.69, 9.17) is 0 Å². The van der Waals surface area contributed by atoms with Crippen LogP contribution in [-0.2, 0) is 6.54 Å². The standard InChI is InChI=1S/C16H23N3/c1-4-13(2)10-17-11-16-12-18-14(3)19(16)15-8-6-5-7-9-15/h5-9,12-13,17H,4,10-11H2,1-3H3. The third-order valence-corrected chi connectivity index (χ3v) is 3.52. The number of hydrogen-bond acceptors (Lipinski definition) is 2. The van der Waals surface area contributed by atoms with Gasteiger partial charge in [-0.1, -0.05) is 38.5 Å². The second kappa shape index (κ2) is 6.53. The van der Waals surface area contributed by atoms with Gasteiger partial charge in [-0.05, 0) is 31.5 Å². The minimum absolute atomic E-state index is 0.717. The molecule has 0 spiro atoms. The first-order valence-electron chi connectivity index (χ1n) is 7.01. The van der Waals surface area contributed by atoms with Crippen molar-refractivity contribution in [2.45, 2.75) is 33.7 Å². The number of aromatic nitrogens is 2. The molecule has 0 saturated carbocycles. The van der Waals surface area contributed by atoms with Crippen LogP contribution >= 0.6 is 0 Å². The fraction of sp³-hybridized carbons (Fsp3) is 0.438. The lowest BCUT2D eigenvalue weighted by molar-refractivity contribution is 0.495. The number of nitrogens with zero attached hydrogens (tertiary/aromatic N) is 2. The summed E-state index contributed by atoms with van der Waals surface area (Å²) in [6.45, 7) is 8.46. The van der Waals surface area contributed by atoms with Crippen LogP contribution in [0.15, 0.2) is 36.5 Å². The number of benzene rings is 1. The van der Waals surface area contributed by atoms with Gasteiger partial charge < -0.3 is 5.32 Å². The van der Waals surface area contributed by atoms with Crippen molar-refractivity contribution in [2.24, 2.45) is 5.92 Å². The van der Waals surface area contributed by atoms with Crippen molar-refractivity contribution in [1.82, 2.24) is 14.9 Å². The fourth-order valence-corrected chi connectivity index (χ4v) is 2.14. The quantitative estimate of drug-likeness (QED) is 0.860. The van der Waals surface area contributed by atoms with Crippen molar-refractivity contribution in [3.63, 3.8) is 0 Å². The molecular formula is C16H23N3. The van der Waals surface area contributed by atoms with Gasteiger partial charge >= 0.3 is 0 Å². The second-order valence-corrected chi connectivity index (χ2v) is 5.11. The van der Waals surface area contributed by atoms with Crippen molar-refractivity contribution >= 4 is 0 Å². The smallest absolute Gasteiger partial charge is 0.110 e. The first-order valence-corrected chi connectivity index (χ1v) is 7.01. The zero-order valence-electron chi connectivity index (χ0n) is 12.1. The summed E-state index contributed by atoms with van der Waals surface area (Å²) in [5.41, 5.74) is 2.39. The Morgan fingerprint density at radius 2 is 2.00 bits per heavy atom. The summed E-state index contributed by atoms with van der Waals surface area (Å²) >= 11 is 0. The Kier molecular flexibility index (Phi) is 4.74. The summed E-state index contributed by atoms with van der Waals surface area (Å²) in [5, 5.41) is 3.52. The number of rotatable bonds is 6. The minimum Gasteiger partial charge on any atom is -0.311 e. The molecule has 1 heterocycles. The van der Waals surface area contributed by atoms with Crippen LogP contribution in [0.4, 0.5) is 0 Å². The summed E-state index contributed by atoms with van der Waals surface area (Å²) < 4.78 is 2.21. The summed E-state index contributed by atoms with van der Waals surface area (Å²) in [4.78, 5) is 4.43. The highest BCUT2D eigenvalue weighted by atomic mass is 15.1. The van der Waals surface area contributed by atoms with Gasteiger partial charge in [-0.3, -0.25) is 4.57 Å². The molecule has 102 valence electrons. The van der Waals surface area contributed by atoms with Gasteiger partial charge in [0.2, 0.25) is 0 Å². The fourth-order valence-electron chi connectivity index (χ4n) is 2.14. The summed E-state index contributed by atoms with van der Waals surface area (Å²) in [7, 11) is 0. The molecule has 3 nitrogen and oxygen atoms in total. The SMILES string of the molecule is CCC(C)CNCc1cnc(C)n1-c1ccccc1. The highest BCUT2D eigenvalue weighted by molar-refractivity contribution is 5.35. The van der Waals surface area contributed by atoms with E-state index < -0.39 is 0 Å². The Morgan fingerprint density at radius 1 is 1.26 bits per heavy atom. The van der Waals surface area contributed by atoms with Crippen molar-refractivity contribution in [3.05, 3.63) is 48.0 Å². The average molecular weight is 257 g/mol. The molecule has 1 aromatic heterocycles. The van der Waals surface area contributed by atoms with Crippen molar-refractivity contribution < 1.29 is 0 Å². The van der Waals surface area contributed by atoms with E-state index in [1.165, 1.54) is 17.8 Å². The molecule has 0 bridgehead atoms. The number of hydrogen-bond donors (Lipinski definition) is 1. The maximum Gasteiger partial charge on any atom is 0.110 e. The third kappa shape index (κ3) is 3.44. The van der Waals surface area contributed by atoms with E-state index in [1.54, 1.807) is 0 Å². The van der Waals surface area contributed by atoms with E-state index in [0.717, 1.165) is 18.9 Å². The van der Waals surface area contributed by atoms with E-state index >= 15 is 0 Å². The van der Waals surface area contributed by atoms with Crippen LogP contribution in [0.25, 0.3) is 5.69 Å². The zero-order valence-corrected chi connectivity index (χ0v) is 12.1. The Bertz CT molecular complexity index is 502. The van der Waals surface area contributed by atoms with Gasteiger partial charge in [-0.15, -0.1) is 0 Å². The Balaban J connectivity index is 2.10. The van der Waals surface area contributed by atoms with Crippen LogP contribution in [0.5, 0.6) is 0 Å². The first kappa shape index (κ1) is 13.8. The van der Waals surface area contributed by atoms with Crippen LogP contribution in [0.1, 0.15) is 31.8 Å². The number of para-hydroxylation sites is 1. The molecule has 1 aromatic carbocycles. The molecule has 2 aromatic rings. The molecule has 3 heteroatoms. The maximum atomic E-state index is 4.43. The van der Waals surface area contributed by atoms with Crippen LogP contribution in [-0.4, -0.2) is 16.1 Å². The first-order chi connectivity index (χ1) is 9.22. The molecule has 1 N–H and O–H groups in total. The van der Waals surface area contributed by atoms with Crippen LogP contribution < -0.4 is 5.32 Å². The van der Waals surface area contributed by atoms with Gasteiger partial charge in [0.15, 0.2) is 0 Å². The van der Waals surface area contributed by atoms with Gasteiger partial charge in [-0.2, -0.15) is 0 Å². The Morgan fingerprint density at radius 3 is 2.68 bits per heavy atom. The van der Waals surface area contributed by atoms with Gasteiger partial charge in [0.1, 0.15) is 5.82 Å². The maximum absolute atomic E-state index is 4.43. The molecule has 19 heavy (non-hydrogen) atoms. The molecule has 0 aliphatic carbocycles. The minimum atomic E-state index is 0.717. The molecule has 0 aliphatic heterocycles. The molecule has 0 aliphatic rings. The van der Waals surface area contributed by atoms with Gasteiger partial charge in [0.05, 0.1) is 11.9 Å². The highest BCUT2D eigenvalue weighted by Gasteiger charge is 2.08. The lowest BCUT2D eigenvalue weighted by Gasteiger charge is -2.13. The van der Waals surface area contributed by atoms with Crippen molar-refractivity contribution in [2.75, 3.05) is 6.54 Å². The number of nitrogens with one attached hydrogen (secondary N) is 1. The predicted molar refractivity (Wildman–Crippen MR) is 79.5 cm³/mol. The van der Waals surface area contributed by atoms with E-state index in [1.807, 2.05) is 19.2 Å². The lowest BCUT2D eigenvalue weighted by Crippen LogP contribution is -2.21. The van der Waals surface area contributed by atoms with E-state index in [0.29, 0.717) is 5.92 Å². The Hall–Kier alpha value is -1.61. The van der Waals surface area contributed by atoms with Gasteiger partial charge in [-0.25, -0.2) is 4.98 Å². The molecule has 0 saturated heterocycles. The van der Waals surface area contributed by atoms with Gasteiger partial charge in [0, 0.05) is 12.2 Å². The molecule has 1 unspecified atom stereocenters. The summed E-state index contributed by atoms with van der Waals surface area (Å²) in [6.07, 6.45) is 3.18. The van der Waals surface area contributed by atoms with Crippen LogP contribution in [0.2, 0.25) is 0 Å². The molecule has 0 radical (unpaired) electrons. The third-order valence-electron chi connectivity index (χ3n) is 3.52. The van der Waals surface area contributed by atoms with Gasteiger partial charge in [0.25, 0.3) is 0 Å². The van der Waals surface area contributed by atoms with Crippen molar-refractivity contribution in [1.29, 1.82) is 0 Å². The average Bonchev–Trinajstić information content (AvgIpc) is 2.80. The highest BCUT2D eigenvalue weighted by Crippen LogP contribution is 2.14. The largest absolute Gasteiger partial charge is 0.311 e. The number of aryl methyl sites for hydroxylation is 1. The van der Waals surface area contributed by atoms with Crippen LogP contribution in [0, 0.1) is 12.8 Å². The molecule has 0 amide bonds. The summed E-state index contributed by atoms with van der Waals surface area (Å²) in [6, 6.07) is 10.4. The molecular weight excluding hydrogens is 234 g/mol. The monoisotopic (exact) mass is 257 g/mol. The second-order valence-electron chi connectivity index (χ2n) is 5.11. The van der Waals surface area contributed by atoms with E-state index in [-0.39, 0.29) is 0 Å². The number of imidazole rings is 1. The molecule has 0 fully saturated rings. The Labute approximate surface area is 115 Å².